The number of esters is 1. The minimum absolute atomic E-state index is 0.133. The van der Waals surface area contributed by atoms with Crippen molar-refractivity contribution in [1.82, 2.24) is 16.1 Å². The van der Waals surface area contributed by atoms with Crippen molar-refractivity contribution in [3.63, 3.8) is 0 Å². The van der Waals surface area contributed by atoms with Crippen LogP contribution in [-0.4, -0.2) is 49.9 Å². The lowest BCUT2D eigenvalue weighted by Gasteiger charge is -2.28. The first kappa shape index (κ1) is 33.5. The predicted octanol–water partition coefficient (Wildman–Crippen LogP) is 5.54. The van der Waals surface area contributed by atoms with E-state index in [4.69, 9.17) is 18.9 Å². The number of hydrogen-bond acceptors (Lipinski definition) is 9. The van der Waals surface area contributed by atoms with E-state index < -0.39 is 24.3 Å². The molecule has 1 heterocycles. The van der Waals surface area contributed by atoms with Crippen LogP contribution in [0.2, 0.25) is 0 Å². The van der Waals surface area contributed by atoms with E-state index in [0.29, 0.717) is 36.0 Å². The smallest absolute Gasteiger partial charge is 0.337 e. The average molecular weight is 751 g/mol. The maximum Gasteiger partial charge on any atom is 0.337 e. The minimum atomic E-state index is -1.12. The normalized spacial score (nSPS) is 15.2. The van der Waals surface area contributed by atoms with Gasteiger partial charge in [0.25, 0.3) is 0 Å². The van der Waals surface area contributed by atoms with Gasteiger partial charge in [-0.1, -0.05) is 42.5 Å². The number of nitrogens with one attached hydrogen (secondary N) is 3. The molecule has 4 N–H and O–H groups in total. The van der Waals surface area contributed by atoms with Gasteiger partial charge in [-0.25, -0.2) is 9.59 Å². The van der Waals surface area contributed by atoms with Crippen LogP contribution in [0.3, 0.4) is 0 Å². The highest BCUT2D eigenvalue weighted by atomic mass is 127. The molecule has 2 amide bonds. The number of hydrazone groups is 1. The molecule has 0 aliphatic carbocycles. The van der Waals surface area contributed by atoms with E-state index in [-0.39, 0.29) is 12.2 Å². The fraction of sp³-hybridized carbons (Fsp3) is 0.229. The largest absolute Gasteiger partial charge is 0.490 e. The van der Waals surface area contributed by atoms with Crippen LogP contribution in [0, 0.1) is 3.57 Å². The van der Waals surface area contributed by atoms with Gasteiger partial charge < -0.3 is 34.7 Å². The molecule has 2 atom stereocenters. The van der Waals surface area contributed by atoms with Crippen LogP contribution in [0.15, 0.2) is 95.2 Å². The Bertz CT molecular complexity index is 1830. The van der Waals surface area contributed by atoms with Gasteiger partial charge in [-0.15, -0.1) is 0 Å². The molecule has 0 aromatic heterocycles. The number of methoxy groups -OCH3 is 1. The third-order valence-electron chi connectivity index (χ3n) is 7.27. The van der Waals surface area contributed by atoms with E-state index in [1.807, 2.05) is 37.3 Å². The molecular formula is C35H35IN4O7. The van der Waals surface area contributed by atoms with E-state index >= 15 is 0 Å². The van der Waals surface area contributed by atoms with Crippen LogP contribution in [0.4, 0.5) is 4.79 Å². The number of amides is 2. The number of fused-ring (bicyclic) bond motifs is 1. The summed E-state index contributed by atoms with van der Waals surface area (Å²) in [7, 11) is 1.28. The number of ether oxygens (including phenoxy) is 4. The van der Waals surface area contributed by atoms with E-state index in [9.17, 15) is 14.7 Å². The summed E-state index contributed by atoms with van der Waals surface area (Å²) in [5.41, 5.74) is 5.84. The number of halogens is 1. The molecule has 11 nitrogen and oxygen atoms in total. The standard InChI is InChI=1S/C35H35IN4O7/c1-4-45-30-17-26(33-32(34(42)44-3)21(2)38-35(43)39-33)12-14-29(30)47-20-31(41)40-37-18-22-10-13-28(27(36)16-22)46-19-23-9-11-24-7-5-6-8-25(24)15-23/h5-18,31,33,40-41H,4,19-20H2,1-3H3,(H2,38,39,43)/b37-18-/t31-,33-/m1/s1. The summed E-state index contributed by atoms with van der Waals surface area (Å²) >= 11 is 2.22. The molecule has 0 bridgehead atoms. The topological polar surface area (TPSA) is 140 Å². The van der Waals surface area contributed by atoms with Crippen molar-refractivity contribution in [2.24, 2.45) is 5.10 Å². The molecule has 4 aromatic rings. The SMILES string of the molecule is CCOc1cc([C@H]2NC(=O)NC(C)=C2C(=O)OC)ccc1OC[C@@H](O)N/N=C\c1ccc(OCc2ccc3ccccc3c2)c(I)c1. The summed E-state index contributed by atoms with van der Waals surface area (Å²) in [4.78, 5) is 24.6. The third-order valence-corrected chi connectivity index (χ3v) is 8.12. The fourth-order valence-corrected chi connectivity index (χ4v) is 5.72. The van der Waals surface area contributed by atoms with Crippen molar-refractivity contribution in [3.8, 4) is 17.2 Å². The van der Waals surface area contributed by atoms with Crippen molar-refractivity contribution in [3.05, 3.63) is 110 Å². The Morgan fingerprint density at radius 2 is 1.79 bits per heavy atom. The molecule has 0 saturated carbocycles. The number of carbonyl (C=O) groups is 2. The van der Waals surface area contributed by atoms with Gasteiger partial charge in [0.15, 0.2) is 17.7 Å². The van der Waals surface area contributed by atoms with E-state index in [1.165, 1.54) is 17.9 Å². The molecule has 5 rings (SSSR count). The Morgan fingerprint density at radius 3 is 2.55 bits per heavy atom. The van der Waals surface area contributed by atoms with E-state index in [1.54, 1.807) is 31.3 Å². The molecule has 1 aliphatic rings. The lowest BCUT2D eigenvalue weighted by atomic mass is 9.95. The number of hydrogen-bond donors (Lipinski definition) is 4. The quantitative estimate of drug-likeness (QED) is 0.0460. The Morgan fingerprint density at radius 1 is 1.00 bits per heavy atom. The number of nitrogens with zero attached hydrogens (tertiary/aromatic N) is 1. The molecule has 0 radical (unpaired) electrons. The molecule has 12 heteroatoms. The van der Waals surface area contributed by atoms with Crippen molar-refractivity contribution in [2.75, 3.05) is 20.3 Å². The lowest BCUT2D eigenvalue weighted by molar-refractivity contribution is -0.136. The van der Waals surface area contributed by atoms with Crippen LogP contribution < -0.4 is 30.3 Å². The first-order valence-corrected chi connectivity index (χ1v) is 16.0. The summed E-state index contributed by atoms with van der Waals surface area (Å²) < 4.78 is 23.5. The van der Waals surface area contributed by atoms with Gasteiger partial charge in [-0.2, -0.15) is 5.10 Å². The summed E-state index contributed by atoms with van der Waals surface area (Å²) in [5.74, 6) is 0.954. The highest BCUT2D eigenvalue weighted by Gasteiger charge is 2.32. The number of aliphatic hydroxyl groups excluding tert-OH is 1. The van der Waals surface area contributed by atoms with Crippen molar-refractivity contribution >= 4 is 51.6 Å². The Kier molecular flexibility index (Phi) is 11.2. The molecule has 0 fully saturated rings. The van der Waals surface area contributed by atoms with Gasteiger partial charge in [0.2, 0.25) is 0 Å². The van der Waals surface area contributed by atoms with E-state index in [0.717, 1.165) is 20.4 Å². The van der Waals surface area contributed by atoms with E-state index in [2.05, 4.69) is 74.1 Å². The molecule has 0 spiro atoms. The van der Waals surface area contributed by atoms with Gasteiger partial charge in [-0.05, 0) is 100 Å². The number of allylic oxidation sites excluding steroid dienone is 1. The second-order valence-corrected chi connectivity index (χ2v) is 11.7. The summed E-state index contributed by atoms with van der Waals surface area (Å²) in [6.45, 7) is 4.12. The highest BCUT2D eigenvalue weighted by Crippen LogP contribution is 2.35. The van der Waals surface area contributed by atoms with Crippen molar-refractivity contribution < 1.29 is 33.6 Å². The zero-order valence-corrected chi connectivity index (χ0v) is 28.2. The van der Waals surface area contributed by atoms with Gasteiger partial charge in [0.1, 0.15) is 19.0 Å². The Hall–Kier alpha value is -4.82. The number of rotatable bonds is 13. The van der Waals surface area contributed by atoms with Gasteiger partial charge >= 0.3 is 12.0 Å². The minimum Gasteiger partial charge on any atom is -0.490 e. The monoisotopic (exact) mass is 750 g/mol. The second kappa shape index (κ2) is 15.6. The van der Waals surface area contributed by atoms with Crippen LogP contribution in [0.25, 0.3) is 10.8 Å². The predicted molar refractivity (Wildman–Crippen MR) is 186 cm³/mol. The molecular weight excluding hydrogens is 715 g/mol. The molecule has 244 valence electrons. The molecule has 1 aliphatic heterocycles. The first-order valence-electron chi connectivity index (χ1n) is 14.9. The molecule has 0 saturated heterocycles. The zero-order chi connectivity index (χ0) is 33.3. The first-order chi connectivity index (χ1) is 22.7. The number of aliphatic hydroxyl groups is 1. The zero-order valence-electron chi connectivity index (χ0n) is 26.1. The average Bonchev–Trinajstić information content (AvgIpc) is 3.06. The summed E-state index contributed by atoms with van der Waals surface area (Å²) in [6, 6.07) is 24.1. The van der Waals surface area contributed by atoms with Crippen molar-refractivity contribution in [2.45, 2.75) is 32.7 Å². The maximum atomic E-state index is 12.5. The maximum absolute atomic E-state index is 12.5. The number of carbonyl (C=O) groups excluding carboxylic acids is 2. The fourth-order valence-electron chi connectivity index (χ4n) is 5.02. The second-order valence-electron chi connectivity index (χ2n) is 10.6. The lowest BCUT2D eigenvalue weighted by Crippen LogP contribution is -2.45. The Balaban J connectivity index is 1.16. The highest BCUT2D eigenvalue weighted by molar-refractivity contribution is 14.1. The Labute approximate surface area is 286 Å². The van der Waals surface area contributed by atoms with Crippen LogP contribution in [-0.2, 0) is 16.1 Å². The third kappa shape index (κ3) is 8.51. The number of urea groups is 1. The van der Waals surface area contributed by atoms with Gasteiger partial charge in [-0.3, -0.25) is 5.43 Å². The molecule has 0 unspecified atom stereocenters. The molecule has 47 heavy (non-hydrogen) atoms. The van der Waals surface area contributed by atoms with Gasteiger partial charge in [0.05, 0.1) is 35.1 Å². The van der Waals surface area contributed by atoms with Crippen molar-refractivity contribution in [1.29, 1.82) is 0 Å². The number of benzene rings is 4. The summed E-state index contributed by atoms with van der Waals surface area (Å²) in [5, 5.41) is 22.3. The van der Waals surface area contributed by atoms with Crippen LogP contribution in [0.5, 0.6) is 17.2 Å². The van der Waals surface area contributed by atoms with Gasteiger partial charge in [0, 0.05) is 5.70 Å². The van der Waals surface area contributed by atoms with Crippen LogP contribution >= 0.6 is 22.6 Å². The molecule has 4 aromatic carbocycles. The summed E-state index contributed by atoms with van der Waals surface area (Å²) in [6.07, 6.45) is 0.477. The van der Waals surface area contributed by atoms with Crippen LogP contribution in [0.1, 0.15) is 36.6 Å².